The van der Waals surface area contributed by atoms with Crippen molar-refractivity contribution in [3.63, 3.8) is 0 Å². The summed E-state index contributed by atoms with van der Waals surface area (Å²) < 4.78 is 5.58. The van der Waals surface area contributed by atoms with Crippen LogP contribution in [0.4, 0.5) is 0 Å². The van der Waals surface area contributed by atoms with Gasteiger partial charge in [0.25, 0.3) is 0 Å². The van der Waals surface area contributed by atoms with Gasteiger partial charge in [0.2, 0.25) is 11.8 Å². The van der Waals surface area contributed by atoms with Crippen LogP contribution in [0.1, 0.15) is 39.2 Å². The van der Waals surface area contributed by atoms with Gasteiger partial charge in [-0.15, -0.1) is 0 Å². The van der Waals surface area contributed by atoms with Gasteiger partial charge >= 0.3 is 0 Å². The standard InChI is InChI=1S/C21H26N2O2/c1-14(2)25-20-11-10-19(13-22-20)17-6-4-16(5-7-17)12-15(3)23-21(24)18-8-9-18/h4-7,10-11,13-15,18H,8-9,12H2,1-3H3,(H,23,24). The molecule has 3 rings (SSSR count). The number of carbonyl (C=O) groups excluding carboxylic acids is 1. The van der Waals surface area contributed by atoms with Crippen molar-refractivity contribution in [2.75, 3.05) is 0 Å². The third-order valence-electron chi connectivity index (χ3n) is 4.26. The Morgan fingerprint density at radius 3 is 2.36 bits per heavy atom. The van der Waals surface area contributed by atoms with Crippen LogP contribution in [-0.2, 0) is 11.2 Å². The lowest BCUT2D eigenvalue weighted by atomic mass is 10.0. The van der Waals surface area contributed by atoms with Gasteiger partial charge in [0.15, 0.2) is 0 Å². The molecule has 1 aliphatic carbocycles. The smallest absolute Gasteiger partial charge is 0.223 e. The second-order valence-corrected chi connectivity index (χ2v) is 7.14. The fourth-order valence-electron chi connectivity index (χ4n) is 2.81. The predicted octanol–water partition coefficient (Wildman–Crippen LogP) is 3.99. The van der Waals surface area contributed by atoms with Crippen LogP contribution < -0.4 is 10.1 Å². The number of ether oxygens (including phenoxy) is 1. The minimum absolute atomic E-state index is 0.125. The number of aromatic nitrogens is 1. The number of amides is 1. The SMILES string of the molecule is CC(Cc1ccc(-c2ccc(OC(C)C)nc2)cc1)NC(=O)C1CC1. The Balaban J connectivity index is 1.58. The van der Waals surface area contributed by atoms with E-state index in [1.54, 1.807) is 0 Å². The first kappa shape index (κ1) is 17.5. The van der Waals surface area contributed by atoms with E-state index in [2.05, 4.69) is 41.5 Å². The van der Waals surface area contributed by atoms with Crippen molar-refractivity contribution >= 4 is 5.91 Å². The summed E-state index contributed by atoms with van der Waals surface area (Å²) in [6, 6.07) is 12.5. The highest BCUT2D eigenvalue weighted by molar-refractivity contribution is 5.81. The minimum Gasteiger partial charge on any atom is -0.475 e. The number of rotatable bonds is 7. The molecule has 1 atom stereocenters. The summed E-state index contributed by atoms with van der Waals surface area (Å²) in [6.07, 6.45) is 4.90. The molecule has 0 spiro atoms. The highest BCUT2D eigenvalue weighted by Crippen LogP contribution is 2.29. The van der Waals surface area contributed by atoms with Gasteiger partial charge in [-0.2, -0.15) is 0 Å². The molecule has 25 heavy (non-hydrogen) atoms. The Bertz CT molecular complexity index is 704. The molecule has 1 amide bonds. The van der Waals surface area contributed by atoms with E-state index < -0.39 is 0 Å². The second kappa shape index (κ2) is 7.68. The van der Waals surface area contributed by atoms with Crippen LogP contribution >= 0.6 is 0 Å². The van der Waals surface area contributed by atoms with E-state index in [1.165, 1.54) is 5.56 Å². The molecule has 1 unspecified atom stereocenters. The predicted molar refractivity (Wildman–Crippen MR) is 99.5 cm³/mol. The Morgan fingerprint density at radius 1 is 1.12 bits per heavy atom. The van der Waals surface area contributed by atoms with E-state index in [0.29, 0.717) is 5.88 Å². The van der Waals surface area contributed by atoms with Crippen LogP contribution in [0, 0.1) is 5.92 Å². The summed E-state index contributed by atoms with van der Waals surface area (Å²) >= 11 is 0. The molecule has 0 radical (unpaired) electrons. The highest BCUT2D eigenvalue weighted by Gasteiger charge is 2.30. The number of hydrogen-bond acceptors (Lipinski definition) is 3. The Labute approximate surface area is 149 Å². The van der Waals surface area contributed by atoms with E-state index in [-0.39, 0.29) is 24.0 Å². The molecule has 0 aliphatic heterocycles. The van der Waals surface area contributed by atoms with Crippen molar-refractivity contribution in [1.29, 1.82) is 0 Å². The van der Waals surface area contributed by atoms with Gasteiger partial charge in [0.1, 0.15) is 0 Å². The maximum absolute atomic E-state index is 11.8. The lowest BCUT2D eigenvalue weighted by molar-refractivity contribution is -0.122. The molecule has 1 aromatic heterocycles. The first-order valence-electron chi connectivity index (χ1n) is 9.03. The lowest BCUT2D eigenvalue weighted by Gasteiger charge is -2.14. The first-order chi connectivity index (χ1) is 12.0. The summed E-state index contributed by atoms with van der Waals surface area (Å²) in [7, 11) is 0. The normalized spacial score (nSPS) is 15.0. The van der Waals surface area contributed by atoms with Crippen LogP contribution in [0.3, 0.4) is 0 Å². The monoisotopic (exact) mass is 338 g/mol. The molecule has 1 saturated carbocycles. The molecule has 0 bridgehead atoms. The topological polar surface area (TPSA) is 51.2 Å². The fourth-order valence-corrected chi connectivity index (χ4v) is 2.81. The van der Waals surface area contributed by atoms with Crippen LogP contribution in [0.5, 0.6) is 5.88 Å². The van der Waals surface area contributed by atoms with Crippen LogP contribution in [0.2, 0.25) is 0 Å². The molecule has 1 heterocycles. The summed E-state index contributed by atoms with van der Waals surface area (Å²) in [5, 5.41) is 3.10. The summed E-state index contributed by atoms with van der Waals surface area (Å²) in [5.74, 6) is 1.12. The Hall–Kier alpha value is -2.36. The molecule has 0 saturated heterocycles. The van der Waals surface area contributed by atoms with E-state index in [9.17, 15) is 4.79 Å². The van der Waals surface area contributed by atoms with Crippen LogP contribution in [0.25, 0.3) is 11.1 Å². The Kier molecular flexibility index (Phi) is 5.37. The number of benzene rings is 1. The van der Waals surface area contributed by atoms with Gasteiger partial charge < -0.3 is 10.1 Å². The van der Waals surface area contributed by atoms with E-state index in [4.69, 9.17) is 4.74 Å². The maximum Gasteiger partial charge on any atom is 0.223 e. The van der Waals surface area contributed by atoms with E-state index in [1.807, 2.05) is 32.2 Å². The average molecular weight is 338 g/mol. The van der Waals surface area contributed by atoms with E-state index in [0.717, 1.165) is 30.4 Å². The van der Waals surface area contributed by atoms with Crippen molar-refractivity contribution in [2.45, 2.75) is 52.2 Å². The van der Waals surface area contributed by atoms with Gasteiger partial charge in [0, 0.05) is 29.8 Å². The number of carbonyl (C=O) groups is 1. The summed E-state index contributed by atoms with van der Waals surface area (Å²) in [6.45, 7) is 6.04. The molecular weight excluding hydrogens is 312 g/mol. The van der Waals surface area contributed by atoms with Crippen LogP contribution in [-0.4, -0.2) is 23.0 Å². The van der Waals surface area contributed by atoms with Crippen molar-refractivity contribution < 1.29 is 9.53 Å². The zero-order valence-corrected chi connectivity index (χ0v) is 15.2. The number of hydrogen-bond donors (Lipinski definition) is 1. The molecule has 2 aromatic rings. The summed E-state index contributed by atoms with van der Waals surface area (Å²) in [5.41, 5.74) is 3.42. The summed E-state index contributed by atoms with van der Waals surface area (Å²) in [4.78, 5) is 16.2. The van der Waals surface area contributed by atoms with Crippen molar-refractivity contribution in [1.82, 2.24) is 10.3 Å². The number of nitrogens with one attached hydrogen (secondary N) is 1. The quantitative estimate of drug-likeness (QED) is 0.830. The zero-order valence-electron chi connectivity index (χ0n) is 15.2. The fraction of sp³-hybridized carbons (Fsp3) is 0.429. The van der Waals surface area contributed by atoms with Crippen LogP contribution in [0.15, 0.2) is 42.6 Å². The molecule has 132 valence electrons. The molecule has 4 nitrogen and oxygen atoms in total. The van der Waals surface area contributed by atoms with Crippen molar-refractivity contribution in [3.05, 3.63) is 48.2 Å². The molecular formula is C21H26N2O2. The van der Waals surface area contributed by atoms with Gasteiger partial charge in [-0.25, -0.2) is 4.98 Å². The third-order valence-corrected chi connectivity index (χ3v) is 4.26. The molecule has 1 aromatic carbocycles. The highest BCUT2D eigenvalue weighted by atomic mass is 16.5. The Morgan fingerprint density at radius 2 is 1.80 bits per heavy atom. The average Bonchev–Trinajstić information content (AvgIpc) is 3.41. The van der Waals surface area contributed by atoms with Gasteiger partial charge in [0.05, 0.1) is 6.10 Å². The molecule has 1 aliphatic rings. The molecule has 1 fully saturated rings. The third kappa shape index (κ3) is 5.05. The maximum atomic E-state index is 11.8. The van der Waals surface area contributed by atoms with Gasteiger partial charge in [-0.3, -0.25) is 4.79 Å². The van der Waals surface area contributed by atoms with Crippen molar-refractivity contribution in [2.24, 2.45) is 5.92 Å². The first-order valence-corrected chi connectivity index (χ1v) is 9.03. The van der Waals surface area contributed by atoms with Crippen molar-refractivity contribution in [3.8, 4) is 17.0 Å². The van der Waals surface area contributed by atoms with Gasteiger partial charge in [-0.1, -0.05) is 24.3 Å². The largest absolute Gasteiger partial charge is 0.475 e. The zero-order chi connectivity index (χ0) is 17.8. The molecule has 4 heteroatoms. The van der Waals surface area contributed by atoms with E-state index >= 15 is 0 Å². The lowest BCUT2D eigenvalue weighted by Crippen LogP contribution is -2.35. The number of pyridine rings is 1. The van der Waals surface area contributed by atoms with Gasteiger partial charge in [-0.05, 0) is 57.2 Å². The molecule has 1 N–H and O–H groups in total. The second-order valence-electron chi connectivity index (χ2n) is 7.14. The minimum atomic E-state index is 0.125. The number of nitrogens with zero attached hydrogens (tertiary/aromatic N) is 1.